The highest BCUT2D eigenvalue weighted by molar-refractivity contribution is 8.04. The number of carbonyl (C=O) groups excluding carboxylic acids is 3. The summed E-state index contributed by atoms with van der Waals surface area (Å²) in [6, 6.07) is 24.2. The number of anilines is 3. The standard InChI is InChI=1S/C32H26FN3O5S/c1-19-4-17-27(41-3)26(18-19)35-28-29(32(39)36(31(28)38)23-11-7-21(33)8-12-23)42-25-15-9-22(10-16-25)34-30(37)20-5-13-24(40-2)14-6-20/h4-18,35H,1-3H3,(H,34,37). The molecule has 0 bridgehead atoms. The first-order chi connectivity index (χ1) is 20.3. The third-order valence-electron chi connectivity index (χ3n) is 6.43. The van der Waals surface area contributed by atoms with Crippen molar-refractivity contribution in [3.63, 3.8) is 0 Å². The number of nitrogens with one attached hydrogen (secondary N) is 2. The molecule has 0 unspecified atom stereocenters. The summed E-state index contributed by atoms with van der Waals surface area (Å²) >= 11 is 1.10. The molecule has 1 heterocycles. The molecule has 212 valence electrons. The maximum absolute atomic E-state index is 13.6. The number of ether oxygens (including phenoxy) is 2. The van der Waals surface area contributed by atoms with Crippen molar-refractivity contribution in [3.05, 3.63) is 119 Å². The minimum absolute atomic E-state index is 0.0649. The van der Waals surface area contributed by atoms with E-state index in [0.29, 0.717) is 33.3 Å². The van der Waals surface area contributed by atoms with Gasteiger partial charge in [-0.25, -0.2) is 9.29 Å². The van der Waals surface area contributed by atoms with E-state index in [-0.39, 0.29) is 22.2 Å². The van der Waals surface area contributed by atoms with Crippen LogP contribution in [0.25, 0.3) is 0 Å². The van der Waals surface area contributed by atoms with Gasteiger partial charge >= 0.3 is 0 Å². The van der Waals surface area contributed by atoms with E-state index >= 15 is 0 Å². The number of hydrogen-bond acceptors (Lipinski definition) is 7. The zero-order valence-corrected chi connectivity index (χ0v) is 23.8. The fourth-order valence-electron chi connectivity index (χ4n) is 4.26. The van der Waals surface area contributed by atoms with Gasteiger partial charge in [0.1, 0.15) is 27.9 Å². The molecule has 0 saturated carbocycles. The minimum Gasteiger partial charge on any atom is -0.497 e. The van der Waals surface area contributed by atoms with E-state index in [4.69, 9.17) is 9.47 Å². The molecule has 0 aromatic heterocycles. The number of nitrogens with zero attached hydrogens (tertiary/aromatic N) is 1. The third-order valence-corrected chi connectivity index (χ3v) is 7.52. The second-order valence-electron chi connectivity index (χ2n) is 9.26. The summed E-state index contributed by atoms with van der Waals surface area (Å²) in [5.41, 5.74) is 2.78. The number of thioether (sulfide) groups is 1. The van der Waals surface area contributed by atoms with E-state index in [1.54, 1.807) is 61.7 Å². The Hall–Kier alpha value is -5.09. The maximum atomic E-state index is 13.6. The van der Waals surface area contributed by atoms with Gasteiger partial charge in [0.15, 0.2) is 0 Å². The first-order valence-corrected chi connectivity index (χ1v) is 13.6. The molecular weight excluding hydrogens is 557 g/mol. The molecule has 0 saturated heterocycles. The number of rotatable bonds is 9. The highest BCUT2D eigenvalue weighted by Gasteiger charge is 2.40. The molecule has 8 nitrogen and oxygen atoms in total. The molecule has 10 heteroatoms. The summed E-state index contributed by atoms with van der Waals surface area (Å²) in [5.74, 6) is -0.762. The Morgan fingerprint density at radius 2 is 1.52 bits per heavy atom. The van der Waals surface area contributed by atoms with Crippen LogP contribution in [0, 0.1) is 12.7 Å². The zero-order chi connectivity index (χ0) is 29.8. The topological polar surface area (TPSA) is 97.0 Å². The van der Waals surface area contributed by atoms with E-state index in [9.17, 15) is 18.8 Å². The van der Waals surface area contributed by atoms with Gasteiger partial charge in [0.2, 0.25) is 0 Å². The summed E-state index contributed by atoms with van der Waals surface area (Å²) in [4.78, 5) is 41.7. The third kappa shape index (κ3) is 5.98. The number of amides is 3. The van der Waals surface area contributed by atoms with E-state index in [0.717, 1.165) is 22.2 Å². The zero-order valence-electron chi connectivity index (χ0n) is 22.9. The molecule has 0 aliphatic carbocycles. The molecule has 4 aromatic rings. The van der Waals surface area contributed by atoms with Gasteiger partial charge in [-0.05, 0) is 97.4 Å². The van der Waals surface area contributed by atoms with Gasteiger partial charge in [-0.3, -0.25) is 14.4 Å². The molecule has 2 N–H and O–H groups in total. The van der Waals surface area contributed by atoms with Crippen molar-refractivity contribution in [2.24, 2.45) is 0 Å². The molecule has 3 amide bonds. The van der Waals surface area contributed by atoms with Gasteiger partial charge in [0, 0.05) is 16.1 Å². The van der Waals surface area contributed by atoms with Gasteiger partial charge in [-0.1, -0.05) is 17.8 Å². The Balaban J connectivity index is 1.42. The van der Waals surface area contributed by atoms with Crippen molar-refractivity contribution >= 4 is 46.5 Å². The molecule has 1 aliphatic rings. The van der Waals surface area contributed by atoms with Crippen molar-refractivity contribution < 1.29 is 28.2 Å². The van der Waals surface area contributed by atoms with Crippen molar-refractivity contribution in [1.29, 1.82) is 0 Å². The van der Waals surface area contributed by atoms with Crippen LogP contribution in [0.5, 0.6) is 11.5 Å². The number of imide groups is 1. The lowest BCUT2D eigenvalue weighted by Crippen LogP contribution is -2.32. The molecule has 0 atom stereocenters. The lowest BCUT2D eigenvalue weighted by atomic mass is 10.2. The summed E-state index contributed by atoms with van der Waals surface area (Å²) in [6.07, 6.45) is 0. The van der Waals surface area contributed by atoms with Crippen LogP contribution >= 0.6 is 11.8 Å². The average molecular weight is 584 g/mol. The summed E-state index contributed by atoms with van der Waals surface area (Å²) < 4.78 is 24.2. The Bertz CT molecular complexity index is 1690. The fraction of sp³-hybridized carbons (Fsp3) is 0.0938. The largest absolute Gasteiger partial charge is 0.497 e. The molecule has 0 radical (unpaired) electrons. The van der Waals surface area contributed by atoms with Crippen LogP contribution in [-0.4, -0.2) is 31.9 Å². The quantitative estimate of drug-likeness (QED) is 0.220. The summed E-state index contributed by atoms with van der Waals surface area (Å²) in [7, 11) is 3.07. The molecular formula is C32H26FN3O5S. The normalized spacial score (nSPS) is 12.9. The van der Waals surface area contributed by atoms with E-state index in [1.807, 2.05) is 19.1 Å². The molecule has 0 fully saturated rings. The summed E-state index contributed by atoms with van der Waals surface area (Å²) in [6.45, 7) is 1.90. The predicted molar refractivity (Wildman–Crippen MR) is 161 cm³/mol. The van der Waals surface area contributed by atoms with Gasteiger partial charge in [0.05, 0.1) is 25.6 Å². The Labute approximate surface area is 246 Å². The molecule has 0 spiro atoms. The predicted octanol–water partition coefficient (Wildman–Crippen LogP) is 6.39. The molecule has 42 heavy (non-hydrogen) atoms. The van der Waals surface area contributed by atoms with Crippen LogP contribution in [-0.2, 0) is 9.59 Å². The van der Waals surface area contributed by atoms with Crippen LogP contribution in [0.4, 0.5) is 21.5 Å². The van der Waals surface area contributed by atoms with Gasteiger partial charge in [0.25, 0.3) is 17.7 Å². The first-order valence-electron chi connectivity index (χ1n) is 12.8. The van der Waals surface area contributed by atoms with Crippen molar-refractivity contribution in [2.75, 3.05) is 29.8 Å². The SMILES string of the molecule is COc1ccc(C(=O)Nc2ccc(SC3=C(Nc4cc(C)ccc4OC)C(=O)N(c4ccc(F)cc4)C3=O)cc2)cc1. The van der Waals surface area contributed by atoms with Crippen molar-refractivity contribution in [3.8, 4) is 11.5 Å². The fourth-order valence-corrected chi connectivity index (χ4v) is 5.19. The van der Waals surface area contributed by atoms with Crippen LogP contribution in [0.2, 0.25) is 0 Å². The van der Waals surface area contributed by atoms with E-state index in [2.05, 4.69) is 10.6 Å². The van der Waals surface area contributed by atoms with Gasteiger partial charge in [-0.15, -0.1) is 0 Å². The van der Waals surface area contributed by atoms with Crippen molar-refractivity contribution in [2.45, 2.75) is 11.8 Å². The molecule has 5 rings (SSSR count). The highest BCUT2D eigenvalue weighted by Crippen LogP contribution is 2.39. The Kier molecular flexibility index (Phi) is 8.26. The molecule has 1 aliphatic heterocycles. The van der Waals surface area contributed by atoms with Gasteiger partial charge < -0.3 is 20.1 Å². The average Bonchev–Trinajstić information content (AvgIpc) is 3.22. The lowest BCUT2D eigenvalue weighted by Gasteiger charge is -2.16. The molecule has 4 aromatic carbocycles. The van der Waals surface area contributed by atoms with Crippen LogP contribution in [0.3, 0.4) is 0 Å². The van der Waals surface area contributed by atoms with Crippen molar-refractivity contribution in [1.82, 2.24) is 0 Å². The number of benzene rings is 4. The minimum atomic E-state index is -0.582. The monoisotopic (exact) mass is 583 g/mol. The van der Waals surface area contributed by atoms with Crippen LogP contribution < -0.4 is 25.0 Å². The summed E-state index contributed by atoms with van der Waals surface area (Å²) in [5, 5.41) is 5.95. The van der Waals surface area contributed by atoms with E-state index in [1.165, 1.54) is 31.4 Å². The number of methoxy groups -OCH3 is 2. The van der Waals surface area contributed by atoms with Crippen LogP contribution in [0.1, 0.15) is 15.9 Å². The van der Waals surface area contributed by atoms with Crippen LogP contribution in [0.15, 0.2) is 106 Å². The number of aryl methyl sites for hydroxylation is 1. The number of hydrogen-bond donors (Lipinski definition) is 2. The number of halogens is 1. The second kappa shape index (κ2) is 12.2. The Morgan fingerprint density at radius 3 is 2.17 bits per heavy atom. The second-order valence-corrected chi connectivity index (χ2v) is 10.3. The first kappa shape index (κ1) is 28.4. The smallest absolute Gasteiger partial charge is 0.283 e. The maximum Gasteiger partial charge on any atom is 0.283 e. The number of carbonyl (C=O) groups is 3. The van der Waals surface area contributed by atoms with E-state index < -0.39 is 17.6 Å². The highest BCUT2D eigenvalue weighted by atomic mass is 32.2. The Morgan fingerprint density at radius 1 is 0.833 bits per heavy atom. The lowest BCUT2D eigenvalue weighted by molar-refractivity contribution is -0.120. The van der Waals surface area contributed by atoms with Gasteiger partial charge in [-0.2, -0.15) is 0 Å².